The minimum atomic E-state index is -0.245. The molecular weight excluding hydrogens is 130 g/mol. The quantitative estimate of drug-likeness (QED) is 0.563. The normalized spacial score (nSPS) is 24.6. The molecule has 0 saturated carbocycles. The van der Waals surface area contributed by atoms with Crippen LogP contribution in [0.25, 0.3) is 0 Å². The zero-order valence-corrected chi connectivity index (χ0v) is 6.39. The molecule has 1 rings (SSSR count). The van der Waals surface area contributed by atoms with Crippen molar-refractivity contribution in [3.8, 4) is 0 Å². The molecule has 60 valence electrons. The van der Waals surface area contributed by atoms with Gasteiger partial charge < -0.3 is 15.2 Å². The molecule has 1 saturated heterocycles. The molecule has 3 heteroatoms. The standard InChI is InChI=1S/C7H15NO2/c1-10-7(6-9)2-4-8-5-3-7/h8-9H,2-6H2,1H3. The summed E-state index contributed by atoms with van der Waals surface area (Å²) in [4.78, 5) is 0. The van der Waals surface area contributed by atoms with Gasteiger partial charge in [-0.25, -0.2) is 0 Å². The first-order valence-corrected chi connectivity index (χ1v) is 3.70. The maximum Gasteiger partial charge on any atom is 0.0932 e. The van der Waals surface area contributed by atoms with Crippen molar-refractivity contribution >= 4 is 0 Å². The molecule has 0 aromatic carbocycles. The van der Waals surface area contributed by atoms with E-state index in [9.17, 15) is 0 Å². The number of rotatable bonds is 2. The van der Waals surface area contributed by atoms with Gasteiger partial charge in [0.05, 0.1) is 12.2 Å². The van der Waals surface area contributed by atoms with E-state index in [1.54, 1.807) is 7.11 Å². The van der Waals surface area contributed by atoms with E-state index in [0.29, 0.717) is 0 Å². The number of aliphatic hydroxyl groups is 1. The van der Waals surface area contributed by atoms with Gasteiger partial charge in [-0.05, 0) is 25.9 Å². The number of ether oxygens (including phenoxy) is 1. The molecule has 1 heterocycles. The van der Waals surface area contributed by atoms with E-state index < -0.39 is 0 Å². The molecule has 0 aromatic heterocycles. The summed E-state index contributed by atoms with van der Waals surface area (Å²) in [6, 6.07) is 0. The van der Waals surface area contributed by atoms with Gasteiger partial charge in [0.25, 0.3) is 0 Å². The first kappa shape index (κ1) is 7.98. The highest BCUT2D eigenvalue weighted by Gasteiger charge is 2.30. The van der Waals surface area contributed by atoms with Crippen molar-refractivity contribution in [3.05, 3.63) is 0 Å². The largest absolute Gasteiger partial charge is 0.393 e. The number of nitrogens with one attached hydrogen (secondary N) is 1. The molecule has 0 aromatic rings. The predicted molar refractivity (Wildman–Crippen MR) is 38.9 cm³/mol. The maximum absolute atomic E-state index is 8.99. The highest BCUT2D eigenvalue weighted by atomic mass is 16.5. The average molecular weight is 145 g/mol. The summed E-state index contributed by atoms with van der Waals surface area (Å²) in [5.41, 5.74) is -0.245. The van der Waals surface area contributed by atoms with Crippen LogP contribution in [0.1, 0.15) is 12.8 Å². The number of hydrogen-bond acceptors (Lipinski definition) is 3. The number of piperidine rings is 1. The second-order valence-electron chi connectivity index (χ2n) is 2.80. The fourth-order valence-electron chi connectivity index (χ4n) is 1.31. The van der Waals surface area contributed by atoms with E-state index in [4.69, 9.17) is 9.84 Å². The Morgan fingerprint density at radius 1 is 1.50 bits per heavy atom. The van der Waals surface area contributed by atoms with Crippen LogP contribution in [-0.4, -0.2) is 37.5 Å². The van der Waals surface area contributed by atoms with Crippen molar-refractivity contribution in [2.75, 3.05) is 26.8 Å². The summed E-state index contributed by atoms with van der Waals surface area (Å²) in [6.07, 6.45) is 1.83. The Balaban J connectivity index is 2.44. The van der Waals surface area contributed by atoms with E-state index in [2.05, 4.69) is 5.32 Å². The van der Waals surface area contributed by atoms with E-state index in [0.717, 1.165) is 25.9 Å². The lowest BCUT2D eigenvalue weighted by atomic mass is 9.93. The van der Waals surface area contributed by atoms with Crippen LogP contribution in [0, 0.1) is 0 Å². The van der Waals surface area contributed by atoms with Gasteiger partial charge in [0.15, 0.2) is 0 Å². The van der Waals surface area contributed by atoms with Crippen LogP contribution < -0.4 is 5.32 Å². The highest BCUT2D eigenvalue weighted by Crippen LogP contribution is 2.20. The minimum absolute atomic E-state index is 0.144. The fraction of sp³-hybridized carbons (Fsp3) is 1.00. The summed E-state index contributed by atoms with van der Waals surface area (Å²) in [6.45, 7) is 2.05. The van der Waals surface area contributed by atoms with Crippen molar-refractivity contribution in [2.45, 2.75) is 18.4 Å². The molecule has 0 atom stereocenters. The first-order chi connectivity index (χ1) is 4.83. The lowest BCUT2D eigenvalue weighted by molar-refractivity contribution is -0.0708. The zero-order valence-electron chi connectivity index (χ0n) is 6.39. The zero-order chi connectivity index (χ0) is 7.45. The van der Waals surface area contributed by atoms with Crippen LogP contribution in [-0.2, 0) is 4.74 Å². The van der Waals surface area contributed by atoms with Crippen molar-refractivity contribution < 1.29 is 9.84 Å². The van der Waals surface area contributed by atoms with Crippen molar-refractivity contribution in [1.82, 2.24) is 5.32 Å². The Labute approximate surface area is 61.4 Å². The molecule has 0 amide bonds. The molecule has 0 spiro atoms. The van der Waals surface area contributed by atoms with Gasteiger partial charge in [0, 0.05) is 7.11 Å². The van der Waals surface area contributed by atoms with E-state index in [1.165, 1.54) is 0 Å². The maximum atomic E-state index is 8.99. The van der Waals surface area contributed by atoms with E-state index in [-0.39, 0.29) is 12.2 Å². The summed E-state index contributed by atoms with van der Waals surface area (Å²) in [7, 11) is 1.67. The van der Waals surface area contributed by atoms with Crippen LogP contribution >= 0.6 is 0 Å². The molecule has 1 aliphatic rings. The molecule has 0 aliphatic carbocycles. The van der Waals surface area contributed by atoms with Gasteiger partial charge in [0.1, 0.15) is 0 Å². The molecule has 2 N–H and O–H groups in total. The molecule has 3 nitrogen and oxygen atoms in total. The summed E-state index contributed by atoms with van der Waals surface area (Å²) >= 11 is 0. The second-order valence-corrected chi connectivity index (χ2v) is 2.80. The van der Waals surface area contributed by atoms with Crippen LogP contribution in [0.5, 0.6) is 0 Å². The number of aliphatic hydroxyl groups excluding tert-OH is 1. The van der Waals surface area contributed by atoms with Crippen LogP contribution in [0.4, 0.5) is 0 Å². The third-order valence-corrected chi connectivity index (χ3v) is 2.24. The Morgan fingerprint density at radius 3 is 2.40 bits per heavy atom. The Kier molecular flexibility index (Phi) is 2.65. The molecule has 0 unspecified atom stereocenters. The Bertz CT molecular complexity index is 93.8. The fourth-order valence-corrected chi connectivity index (χ4v) is 1.31. The Morgan fingerprint density at radius 2 is 2.10 bits per heavy atom. The molecule has 1 fully saturated rings. The molecule has 0 radical (unpaired) electrons. The minimum Gasteiger partial charge on any atom is -0.393 e. The van der Waals surface area contributed by atoms with Crippen molar-refractivity contribution in [3.63, 3.8) is 0 Å². The second kappa shape index (κ2) is 3.32. The van der Waals surface area contributed by atoms with Gasteiger partial charge in [-0.15, -0.1) is 0 Å². The van der Waals surface area contributed by atoms with Crippen LogP contribution in [0.3, 0.4) is 0 Å². The SMILES string of the molecule is COC1(CO)CCNCC1. The molecular formula is C7H15NO2. The first-order valence-electron chi connectivity index (χ1n) is 3.70. The monoisotopic (exact) mass is 145 g/mol. The van der Waals surface area contributed by atoms with Gasteiger partial charge in [0.2, 0.25) is 0 Å². The van der Waals surface area contributed by atoms with Crippen LogP contribution in [0.15, 0.2) is 0 Å². The number of hydrogen-bond donors (Lipinski definition) is 2. The third kappa shape index (κ3) is 1.48. The lowest BCUT2D eigenvalue weighted by Gasteiger charge is -2.34. The van der Waals surface area contributed by atoms with Crippen molar-refractivity contribution in [2.24, 2.45) is 0 Å². The topological polar surface area (TPSA) is 41.5 Å². The highest BCUT2D eigenvalue weighted by molar-refractivity contribution is 4.84. The van der Waals surface area contributed by atoms with Gasteiger partial charge >= 0.3 is 0 Å². The predicted octanol–water partition coefficient (Wildman–Crippen LogP) is -0.253. The van der Waals surface area contributed by atoms with Gasteiger partial charge in [-0.3, -0.25) is 0 Å². The Hall–Kier alpha value is -0.120. The number of methoxy groups -OCH3 is 1. The smallest absolute Gasteiger partial charge is 0.0932 e. The van der Waals surface area contributed by atoms with E-state index in [1.807, 2.05) is 0 Å². The third-order valence-electron chi connectivity index (χ3n) is 2.24. The van der Waals surface area contributed by atoms with Gasteiger partial charge in [-0.1, -0.05) is 0 Å². The molecule has 1 aliphatic heterocycles. The molecule has 10 heavy (non-hydrogen) atoms. The summed E-state index contributed by atoms with van der Waals surface area (Å²) < 4.78 is 5.24. The lowest BCUT2D eigenvalue weighted by Crippen LogP contribution is -2.45. The van der Waals surface area contributed by atoms with Crippen LogP contribution in [0.2, 0.25) is 0 Å². The van der Waals surface area contributed by atoms with Gasteiger partial charge in [-0.2, -0.15) is 0 Å². The van der Waals surface area contributed by atoms with Crippen molar-refractivity contribution in [1.29, 1.82) is 0 Å². The average Bonchev–Trinajstić information content (AvgIpc) is 2.06. The summed E-state index contributed by atoms with van der Waals surface area (Å²) in [5.74, 6) is 0. The molecule has 0 bridgehead atoms. The summed E-state index contributed by atoms with van der Waals surface area (Å²) in [5, 5.41) is 12.2. The van der Waals surface area contributed by atoms with E-state index >= 15 is 0 Å².